The Hall–Kier alpha value is -2.34. The Morgan fingerprint density at radius 2 is 2.16 bits per heavy atom. The number of aromatic nitrogens is 2. The largest absolute Gasteiger partial charge is 0.391 e. The minimum absolute atomic E-state index is 0.116. The van der Waals surface area contributed by atoms with Crippen molar-refractivity contribution in [3.05, 3.63) is 51.6 Å². The molecule has 0 aliphatic carbocycles. The molecule has 0 bridgehead atoms. The minimum Gasteiger partial charge on any atom is -0.391 e. The van der Waals surface area contributed by atoms with E-state index in [1.54, 1.807) is 0 Å². The van der Waals surface area contributed by atoms with E-state index in [1.165, 1.54) is 17.5 Å². The Kier molecular flexibility index (Phi) is 2.92. The number of nitrogens with zero attached hydrogens (tertiary/aromatic N) is 1. The topological polar surface area (TPSA) is 95.8 Å². The van der Waals surface area contributed by atoms with E-state index in [0.717, 1.165) is 18.7 Å². The zero-order valence-corrected chi connectivity index (χ0v) is 10.4. The highest BCUT2D eigenvalue weighted by Crippen LogP contribution is 2.18. The molecule has 0 unspecified atom stereocenters. The summed E-state index contributed by atoms with van der Waals surface area (Å²) < 4.78 is 0. The van der Waals surface area contributed by atoms with Crippen molar-refractivity contribution in [1.29, 1.82) is 0 Å². The van der Waals surface area contributed by atoms with E-state index >= 15 is 0 Å². The van der Waals surface area contributed by atoms with Crippen LogP contribution in [0.1, 0.15) is 16.7 Å². The van der Waals surface area contributed by atoms with E-state index in [9.17, 15) is 4.79 Å². The molecule has 1 aromatic heterocycles. The van der Waals surface area contributed by atoms with Crippen molar-refractivity contribution < 1.29 is 0 Å². The van der Waals surface area contributed by atoms with E-state index in [0.29, 0.717) is 12.4 Å². The lowest BCUT2D eigenvalue weighted by Crippen LogP contribution is -2.16. The van der Waals surface area contributed by atoms with Crippen LogP contribution in [0.3, 0.4) is 0 Å². The van der Waals surface area contributed by atoms with Gasteiger partial charge in [-0.3, -0.25) is 4.79 Å². The predicted octanol–water partition coefficient (Wildman–Crippen LogP) is 0.567. The lowest BCUT2D eigenvalue weighted by atomic mass is 10.1. The van der Waals surface area contributed by atoms with E-state index in [1.807, 2.05) is 0 Å². The molecule has 2 aromatic rings. The summed E-state index contributed by atoms with van der Waals surface area (Å²) in [5, 5.41) is 6.39. The number of rotatable bonds is 3. The molecular weight excluding hydrogens is 242 g/mol. The smallest absolute Gasteiger partial charge is 0.276 e. The summed E-state index contributed by atoms with van der Waals surface area (Å²) in [6, 6.07) is 6.36. The maximum Gasteiger partial charge on any atom is 0.276 e. The maximum absolute atomic E-state index is 11.3. The third-order valence-corrected chi connectivity index (χ3v) is 3.25. The highest BCUT2D eigenvalue weighted by Gasteiger charge is 2.10. The normalized spacial score (nSPS) is 13.3. The molecule has 3 rings (SSSR count). The fourth-order valence-corrected chi connectivity index (χ4v) is 2.20. The van der Waals surface area contributed by atoms with Crippen LogP contribution in [-0.4, -0.2) is 9.97 Å². The van der Waals surface area contributed by atoms with Crippen LogP contribution in [0.5, 0.6) is 0 Å². The molecule has 5 N–H and O–H groups in total. The van der Waals surface area contributed by atoms with Gasteiger partial charge in [-0.25, -0.2) is 4.98 Å². The van der Waals surface area contributed by atoms with Crippen molar-refractivity contribution >= 4 is 11.5 Å². The highest BCUT2D eigenvalue weighted by atomic mass is 16.1. The summed E-state index contributed by atoms with van der Waals surface area (Å²) in [5.74, 6) is 0.419. The molecule has 19 heavy (non-hydrogen) atoms. The van der Waals surface area contributed by atoms with Gasteiger partial charge in [0, 0.05) is 19.6 Å². The Morgan fingerprint density at radius 1 is 1.32 bits per heavy atom. The molecule has 0 fully saturated rings. The molecule has 6 heteroatoms. The molecule has 0 atom stereocenters. The van der Waals surface area contributed by atoms with Gasteiger partial charge in [0.2, 0.25) is 0 Å². The van der Waals surface area contributed by atoms with Gasteiger partial charge < -0.3 is 21.4 Å². The SMILES string of the molecule is Nc1c(NCc2ccc3c(c2)CNC3)nc[nH]c1=O. The number of anilines is 2. The summed E-state index contributed by atoms with van der Waals surface area (Å²) in [4.78, 5) is 17.8. The Bertz CT molecular complexity index is 664. The van der Waals surface area contributed by atoms with Crippen molar-refractivity contribution in [2.75, 3.05) is 11.1 Å². The Balaban J connectivity index is 1.76. The van der Waals surface area contributed by atoms with E-state index in [4.69, 9.17) is 5.73 Å². The number of aromatic amines is 1. The van der Waals surface area contributed by atoms with Crippen molar-refractivity contribution in [3.8, 4) is 0 Å². The first kappa shape index (κ1) is 11.7. The third kappa shape index (κ3) is 2.30. The fraction of sp³-hybridized carbons (Fsp3) is 0.231. The molecule has 1 aliphatic heterocycles. The fourth-order valence-electron chi connectivity index (χ4n) is 2.20. The number of nitrogens with one attached hydrogen (secondary N) is 3. The number of hydrogen-bond acceptors (Lipinski definition) is 5. The summed E-state index contributed by atoms with van der Waals surface area (Å²) in [7, 11) is 0. The molecule has 1 aromatic carbocycles. The van der Waals surface area contributed by atoms with Crippen LogP contribution in [0.15, 0.2) is 29.3 Å². The second kappa shape index (κ2) is 4.74. The Labute approximate surface area is 110 Å². The molecule has 2 heterocycles. The Morgan fingerprint density at radius 3 is 3.05 bits per heavy atom. The van der Waals surface area contributed by atoms with Gasteiger partial charge in [0.25, 0.3) is 5.56 Å². The lowest BCUT2D eigenvalue weighted by Gasteiger charge is -2.08. The van der Waals surface area contributed by atoms with Crippen LogP contribution >= 0.6 is 0 Å². The number of nitrogens with two attached hydrogens (primary N) is 1. The monoisotopic (exact) mass is 257 g/mol. The number of benzene rings is 1. The van der Waals surface area contributed by atoms with Crippen LogP contribution in [-0.2, 0) is 19.6 Å². The third-order valence-electron chi connectivity index (χ3n) is 3.25. The predicted molar refractivity (Wildman–Crippen MR) is 73.6 cm³/mol. The van der Waals surface area contributed by atoms with Crippen LogP contribution in [0.2, 0.25) is 0 Å². The van der Waals surface area contributed by atoms with Gasteiger partial charge in [0.1, 0.15) is 5.69 Å². The zero-order chi connectivity index (χ0) is 13.2. The van der Waals surface area contributed by atoms with Gasteiger partial charge in [0.15, 0.2) is 5.82 Å². The molecule has 0 spiro atoms. The molecular formula is C13H15N5O. The van der Waals surface area contributed by atoms with E-state index < -0.39 is 0 Å². The van der Waals surface area contributed by atoms with Gasteiger partial charge in [0.05, 0.1) is 6.33 Å². The number of H-pyrrole nitrogens is 1. The molecule has 98 valence electrons. The zero-order valence-electron chi connectivity index (χ0n) is 10.4. The average molecular weight is 257 g/mol. The number of nitrogen functional groups attached to an aromatic ring is 1. The average Bonchev–Trinajstić information content (AvgIpc) is 2.88. The minimum atomic E-state index is -0.323. The lowest BCUT2D eigenvalue weighted by molar-refractivity contribution is 0.764. The second-order valence-electron chi connectivity index (χ2n) is 4.55. The van der Waals surface area contributed by atoms with Crippen LogP contribution in [0.4, 0.5) is 11.5 Å². The maximum atomic E-state index is 11.3. The standard InChI is InChI=1S/C13H15N5O/c14-11-12(17-7-18-13(11)19)16-4-8-1-2-9-5-15-6-10(9)3-8/h1-3,7,15H,4-6,14H2,(H2,16,17,18,19). The first-order valence-corrected chi connectivity index (χ1v) is 6.12. The molecule has 0 saturated carbocycles. The summed E-state index contributed by atoms with van der Waals surface area (Å²) >= 11 is 0. The second-order valence-corrected chi connectivity index (χ2v) is 4.55. The van der Waals surface area contributed by atoms with Crippen molar-refractivity contribution in [2.45, 2.75) is 19.6 Å². The summed E-state index contributed by atoms with van der Waals surface area (Å²) in [6.07, 6.45) is 1.34. The molecule has 6 nitrogen and oxygen atoms in total. The number of hydrogen-bond donors (Lipinski definition) is 4. The van der Waals surface area contributed by atoms with Crippen molar-refractivity contribution in [1.82, 2.24) is 15.3 Å². The van der Waals surface area contributed by atoms with Crippen LogP contribution in [0, 0.1) is 0 Å². The molecule has 0 saturated heterocycles. The van der Waals surface area contributed by atoms with Gasteiger partial charge in [-0.05, 0) is 16.7 Å². The van der Waals surface area contributed by atoms with Crippen molar-refractivity contribution in [2.24, 2.45) is 0 Å². The van der Waals surface area contributed by atoms with Gasteiger partial charge in [-0.2, -0.15) is 0 Å². The first-order chi connectivity index (χ1) is 9.24. The summed E-state index contributed by atoms with van der Waals surface area (Å²) in [6.45, 7) is 2.44. The van der Waals surface area contributed by atoms with Crippen LogP contribution in [0.25, 0.3) is 0 Å². The molecule has 0 amide bonds. The van der Waals surface area contributed by atoms with Gasteiger partial charge in [-0.15, -0.1) is 0 Å². The highest BCUT2D eigenvalue weighted by molar-refractivity contribution is 5.59. The van der Waals surface area contributed by atoms with Gasteiger partial charge in [-0.1, -0.05) is 18.2 Å². The van der Waals surface area contributed by atoms with Gasteiger partial charge >= 0.3 is 0 Å². The van der Waals surface area contributed by atoms with E-state index in [-0.39, 0.29) is 11.2 Å². The molecule has 1 aliphatic rings. The molecule has 0 radical (unpaired) electrons. The van der Waals surface area contributed by atoms with E-state index in [2.05, 4.69) is 38.8 Å². The summed E-state index contributed by atoms with van der Waals surface area (Å²) in [5.41, 5.74) is 9.26. The number of fused-ring (bicyclic) bond motifs is 1. The quantitative estimate of drug-likeness (QED) is 0.644. The van der Waals surface area contributed by atoms with Crippen LogP contribution < -0.4 is 21.9 Å². The van der Waals surface area contributed by atoms with Crippen molar-refractivity contribution in [3.63, 3.8) is 0 Å². The first-order valence-electron chi connectivity index (χ1n) is 6.12.